The van der Waals surface area contributed by atoms with E-state index in [2.05, 4.69) is 20.7 Å². The number of hydrogen-bond acceptors (Lipinski definition) is 4. The summed E-state index contributed by atoms with van der Waals surface area (Å²) in [7, 11) is -0.655. The third-order valence-corrected chi connectivity index (χ3v) is 4.68. The minimum absolute atomic E-state index is 0.0200. The van der Waals surface area contributed by atoms with E-state index in [1.54, 1.807) is 20.2 Å². The highest BCUT2D eigenvalue weighted by molar-refractivity contribution is 9.10. The van der Waals surface area contributed by atoms with Gasteiger partial charge in [0.2, 0.25) is 15.9 Å². The normalized spacial score (nSPS) is 13.1. The molecule has 106 valence electrons. The maximum atomic E-state index is 12.1. The highest BCUT2D eigenvalue weighted by atomic mass is 79.9. The maximum absolute atomic E-state index is 12.1. The van der Waals surface area contributed by atoms with Crippen LogP contribution in [0.5, 0.6) is 0 Å². The molecule has 8 heteroatoms. The zero-order valence-electron chi connectivity index (χ0n) is 10.8. The first kappa shape index (κ1) is 15.9. The van der Waals surface area contributed by atoms with Gasteiger partial charge in [0.1, 0.15) is 0 Å². The zero-order valence-corrected chi connectivity index (χ0v) is 13.2. The average molecular weight is 350 g/mol. The van der Waals surface area contributed by atoms with E-state index < -0.39 is 16.1 Å². The highest BCUT2D eigenvalue weighted by Crippen LogP contribution is 2.22. The van der Waals surface area contributed by atoms with Gasteiger partial charge in [0.05, 0.1) is 10.9 Å². The molecular formula is C11H16BrN3O3S. The van der Waals surface area contributed by atoms with Crippen LogP contribution < -0.4 is 10.5 Å². The molecule has 0 aliphatic carbocycles. The monoisotopic (exact) mass is 349 g/mol. The third kappa shape index (κ3) is 3.92. The number of nitrogens with two attached hydrogens (primary N) is 1. The molecule has 0 heterocycles. The summed E-state index contributed by atoms with van der Waals surface area (Å²) in [5.74, 6) is -0.325. The van der Waals surface area contributed by atoms with Gasteiger partial charge in [-0.15, -0.1) is 0 Å². The predicted octanol–water partition coefficient (Wildman–Crippen LogP) is 0.786. The van der Waals surface area contributed by atoms with Crippen LogP contribution in [0.3, 0.4) is 0 Å². The summed E-state index contributed by atoms with van der Waals surface area (Å²) < 4.78 is 27.1. The second-order valence-corrected chi connectivity index (χ2v) is 6.83. The number of carbonyl (C=O) groups is 1. The van der Waals surface area contributed by atoms with Crippen LogP contribution in [-0.2, 0) is 14.8 Å². The lowest BCUT2D eigenvalue weighted by Crippen LogP contribution is -2.44. The van der Waals surface area contributed by atoms with Crippen molar-refractivity contribution in [1.29, 1.82) is 0 Å². The Bertz CT molecular complexity index is 587. The van der Waals surface area contributed by atoms with Crippen molar-refractivity contribution in [3.63, 3.8) is 0 Å². The van der Waals surface area contributed by atoms with Crippen molar-refractivity contribution < 1.29 is 13.2 Å². The standard InChI is InChI=1S/C11H16BrN3O3S/c1-7(11(16)15(2)3)14-19(17,18)8-4-5-9(12)10(13)6-8/h4-7,14H,13H2,1-3H3. The molecule has 0 bridgehead atoms. The number of nitrogens with zero attached hydrogens (tertiary/aromatic N) is 1. The molecular weight excluding hydrogens is 334 g/mol. The van der Waals surface area contributed by atoms with Crippen molar-refractivity contribution in [3.8, 4) is 0 Å². The molecule has 3 N–H and O–H groups in total. The topological polar surface area (TPSA) is 92.5 Å². The number of carbonyl (C=O) groups excluding carboxylic acids is 1. The lowest BCUT2D eigenvalue weighted by molar-refractivity contribution is -0.130. The number of anilines is 1. The van der Waals surface area contributed by atoms with Crippen LogP contribution in [0.2, 0.25) is 0 Å². The van der Waals surface area contributed by atoms with Gasteiger partial charge in [0.25, 0.3) is 0 Å². The lowest BCUT2D eigenvalue weighted by atomic mass is 10.3. The molecule has 19 heavy (non-hydrogen) atoms. The van der Waals surface area contributed by atoms with Gasteiger partial charge in [0.15, 0.2) is 0 Å². The number of likely N-dealkylation sites (N-methyl/N-ethyl adjacent to an activating group) is 1. The first-order valence-electron chi connectivity index (χ1n) is 5.43. The van der Waals surface area contributed by atoms with E-state index in [4.69, 9.17) is 5.73 Å². The van der Waals surface area contributed by atoms with Gasteiger partial charge < -0.3 is 10.6 Å². The molecule has 0 spiro atoms. The maximum Gasteiger partial charge on any atom is 0.241 e. The molecule has 0 saturated carbocycles. The summed E-state index contributed by atoms with van der Waals surface area (Å²) in [6.45, 7) is 1.49. The van der Waals surface area contributed by atoms with Crippen molar-refractivity contribution >= 4 is 37.5 Å². The van der Waals surface area contributed by atoms with E-state index in [0.29, 0.717) is 10.2 Å². The molecule has 0 aliphatic rings. The van der Waals surface area contributed by atoms with E-state index in [9.17, 15) is 13.2 Å². The fraction of sp³-hybridized carbons (Fsp3) is 0.364. The van der Waals surface area contributed by atoms with Crippen LogP contribution >= 0.6 is 15.9 Å². The number of nitrogen functional groups attached to an aromatic ring is 1. The van der Waals surface area contributed by atoms with Crippen molar-refractivity contribution in [1.82, 2.24) is 9.62 Å². The molecule has 1 atom stereocenters. The second-order valence-electron chi connectivity index (χ2n) is 4.26. The van der Waals surface area contributed by atoms with Crippen LogP contribution in [0.1, 0.15) is 6.92 Å². The summed E-state index contributed by atoms with van der Waals surface area (Å²) in [6.07, 6.45) is 0. The molecule has 1 aromatic carbocycles. The predicted molar refractivity (Wildman–Crippen MR) is 77.0 cm³/mol. The number of rotatable bonds is 4. The van der Waals surface area contributed by atoms with E-state index in [1.807, 2.05) is 0 Å². The number of hydrogen-bond donors (Lipinski definition) is 2. The molecule has 1 rings (SSSR count). The van der Waals surface area contributed by atoms with E-state index in [1.165, 1.54) is 24.0 Å². The van der Waals surface area contributed by atoms with E-state index in [-0.39, 0.29) is 10.8 Å². The van der Waals surface area contributed by atoms with Gasteiger partial charge >= 0.3 is 0 Å². The Morgan fingerprint density at radius 2 is 2.00 bits per heavy atom. The van der Waals surface area contributed by atoms with E-state index in [0.717, 1.165) is 0 Å². The number of benzene rings is 1. The van der Waals surface area contributed by atoms with Crippen molar-refractivity contribution in [3.05, 3.63) is 22.7 Å². The summed E-state index contributed by atoms with van der Waals surface area (Å²) in [5, 5.41) is 0. The Morgan fingerprint density at radius 3 is 2.47 bits per heavy atom. The van der Waals surface area contributed by atoms with Gasteiger partial charge in [-0.2, -0.15) is 4.72 Å². The molecule has 0 fully saturated rings. The van der Waals surface area contributed by atoms with Gasteiger partial charge in [-0.1, -0.05) is 0 Å². The number of nitrogens with one attached hydrogen (secondary N) is 1. The van der Waals surface area contributed by atoms with Crippen molar-refractivity contribution in [2.75, 3.05) is 19.8 Å². The molecule has 1 amide bonds. The molecule has 0 radical (unpaired) electrons. The fourth-order valence-electron chi connectivity index (χ4n) is 1.43. The quantitative estimate of drug-likeness (QED) is 0.785. The Balaban J connectivity index is 2.99. The SMILES string of the molecule is CC(NS(=O)(=O)c1ccc(Br)c(N)c1)C(=O)N(C)C. The molecule has 0 aromatic heterocycles. The van der Waals surface area contributed by atoms with Crippen molar-refractivity contribution in [2.24, 2.45) is 0 Å². The average Bonchev–Trinajstić information content (AvgIpc) is 2.30. The molecule has 6 nitrogen and oxygen atoms in total. The minimum Gasteiger partial charge on any atom is -0.398 e. The summed E-state index contributed by atoms with van der Waals surface area (Å²) in [6, 6.07) is 3.45. The molecule has 0 aliphatic heterocycles. The van der Waals surface area contributed by atoms with Gasteiger partial charge in [-0.05, 0) is 41.1 Å². The summed E-state index contributed by atoms with van der Waals surface area (Å²) in [5.41, 5.74) is 5.96. The Kier molecular flexibility index (Phi) is 4.94. The Hall–Kier alpha value is -1.12. The smallest absolute Gasteiger partial charge is 0.241 e. The first-order valence-corrected chi connectivity index (χ1v) is 7.71. The Morgan fingerprint density at radius 1 is 1.42 bits per heavy atom. The van der Waals surface area contributed by atoms with Crippen LogP contribution in [0.25, 0.3) is 0 Å². The highest BCUT2D eigenvalue weighted by Gasteiger charge is 2.23. The minimum atomic E-state index is -3.78. The molecule has 1 aromatic rings. The fourth-order valence-corrected chi connectivity index (χ4v) is 2.91. The second kappa shape index (κ2) is 5.89. The van der Waals surface area contributed by atoms with Gasteiger partial charge in [-0.3, -0.25) is 4.79 Å². The molecule has 0 saturated heterocycles. The third-order valence-electron chi connectivity index (χ3n) is 2.42. The number of sulfonamides is 1. The lowest BCUT2D eigenvalue weighted by Gasteiger charge is -2.18. The number of amides is 1. The zero-order chi connectivity index (χ0) is 14.8. The van der Waals surface area contributed by atoms with Crippen LogP contribution in [0.4, 0.5) is 5.69 Å². The van der Waals surface area contributed by atoms with E-state index >= 15 is 0 Å². The first-order chi connectivity index (χ1) is 8.65. The van der Waals surface area contributed by atoms with Crippen LogP contribution in [0.15, 0.2) is 27.6 Å². The van der Waals surface area contributed by atoms with Gasteiger partial charge in [-0.25, -0.2) is 8.42 Å². The summed E-state index contributed by atoms with van der Waals surface area (Å²) >= 11 is 3.19. The molecule has 1 unspecified atom stereocenters. The van der Waals surface area contributed by atoms with Crippen molar-refractivity contribution in [2.45, 2.75) is 17.9 Å². The summed E-state index contributed by atoms with van der Waals surface area (Å²) in [4.78, 5) is 13.0. The Labute approximate surface area is 121 Å². The van der Waals surface area contributed by atoms with Gasteiger partial charge in [0, 0.05) is 24.3 Å². The largest absolute Gasteiger partial charge is 0.398 e. The number of halogens is 1. The van der Waals surface area contributed by atoms with Crippen LogP contribution in [0, 0.1) is 0 Å². The van der Waals surface area contributed by atoms with Crippen LogP contribution in [-0.4, -0.2) is 39.4 Å².